The van der Waals surface area contributed by atoms with Crippen molar-refractivity contribution in [3.8, 4) is 22.3 Å². The number of hydrogen-bond acceptors (Lipinski definition) is 4. The summed E-state index contributed by atoms with van der Waals surface area (Å²) in [6.45, 7) is -0.0540. The van der Waals surface area contributed by atoms with E-state index in [4.69, 9.17) is 0 Å². The van der Waals surface area contributed by atoms with Crippen molar-refractivity contribution in [3.05, 3.63) is 224 Å². The zero-order valence-corrected chi connectivity index (χ0v) is 32.2. The molecule has 0 radical (unpaired) electrons. The molecule has 0 amide bonds. The Labute approximate surface area is 345 Å². The van der Waals surface area contributed by atoms with E-state index in [-0.39, 0.29) is 6.85 Å². The lowest BCUT2D eigenvalue weighted by atomic mass is 9.41. The van der Waals surface area contributed by atoms with Crippen LogP contribution >= 0.6 is 0 Å². The van der Waals surface area contributed by atoms with Gasteiger partial charge in [-0.05, 0) is 119 Å². The summed E-state index contributed by atoms with van der Waals surface area (Å²) in [5, 5.41) is 0. The van der Waals surface area contributed by atoms with Gasteiger partial charge in [-0.25, -0.2) is 0 Å². The van der Waals surface area contributed by atoms with Gasteiger partial charge in [0.05, 0.1) is 0 Å². The zero-order chi connectivity index (χ0) is 38.9. The Morgan fingerprint density at radius 3 is 1.05 bits per heavy atom. The summed E-state index contributed by atoms with van der Waals surface area (Å²) >= 11 is 0. The first-order valence-corrected chi connectivity index (χ1v) is 20.3. The molecule has 12 rings (SSSR count). The van der Waals surface area contributed by atoms with Crippen molar-refractivity contribution in [2.45, 2.75) is 0 Å². The van der Waals surface area contributed by atoms with Gasteiger partial charge < -0.3 is 19.5 Å². The Kier molecular flexibility index (Phi) is 7.60. The lowest BCUT2D eigenvalue weighted by molar-refractivity contribution is 1.24. The summed E-state index contributed by atoms with van der Waals surface area (Å²) in [4.78, 5) is 9.87. The van der Waals surface area contributed by atoms with Gasteiger partial charge in [0.1, 0.15) is 0 Å². The highest BCUT2D eigenvalue weighted by atomic mass is 15.2. The Balaban J connectivity index is 1.16. The molecule has 0 atom stereocenters. The number of fused-ring (bicyclic) bond motifs is 6. The standard InChI is InChI=1S/C54H37BN4/c1-6-18-38(19-7-1)56(39-20-8-2-9-21-39)43-32-34-45-47-28-16-30-49-53(47)55-54-48(29-17-31-50(54)58(49)42-26-14-5-15-27-42)46-35-33-44(37-52(46)59(55)51(45)36-43)57(40-22-10-3-11-23-40)41-24-12-4-13-25-41/h1-37H. The van der Waals surface area contributed by atoms with Gasteiger partial charge in [0.2, 0.25) is 0 Å². The van der Waals surface area contributed by atoms with Crippen LogP contribution in [0.4, 0.5) is 62.6 Å². The van der Waals surface area contributed by atoms with Gasteiger partial charge in [-0.2, -0.15) is 0 Å². The molecule has 9 aromatic rings. The van der Waals surface area contributed by atoms with Gasteiger partial charge in [-0.3, -0.25) is 0 Å². The lowest BCUT2D eigenvalue weighted by Crippen LogP contribution is -2.63. The van der Waals surface area contributed by atoms with Crippen LogP contribution in [0.2, 0.25) is 0 Å². The van der Waals surface area contributed by atoms with E-state index in [1.807, 2.05) is 0 Å². The largest absolute Gasteiger partial charge is 0.376 e. The summed E-state index contributed by atoms with van der Waals surface area (Å²) in [5.41, 5.74) is 20.3. The molecule has 0 spiro atoms. The molecule has 0 unspecified atom stereocenters. The van der Waals surface area contributed by atoms with Crippen molar-refractivity contribution in [1.29, 1.82) is 0 Å². The average Bonchev–Trinajstić information content (AvgIpc) is 3.31. The number of rotatable bonds is 7. The minimum absolute atomic E-state index is 0.0540. The Morgan fingerprint density at radius 2 is 0.661 bits per heavy atom. The maximum atomic E-state index is 2.65. The quantitative estimate of drug-likeness (QED) is 0.150. The van der Waals surface area contributed by atoms with Crippen LogP contribution in [0.5, 0.6) is 0 Å². The van der Waals surface area contributed by atoms with Crippen LogP contribution in [0, 0.1) is 0 Å². The molecule has 0 aromatic heterocycles. The van der Waals surface area contributed by atoms with Gasteiger partial charge in [-0.15, -0.1) is 0 Å². The van der Waals surface area contributed by atoms with Crippen molar-refractivity contribution >= 4 is 80.3 Å². The van der Waals surface area contributed by atoms with Gasteiger partial charge >= 0.3 is 6.85 Å². The highest BCUT2D eigenvalue weighted by Gasteiger charge is 2.49. The highest BCUT2D eigenvalue weighted by molar-refractivity contribution is 6.95. The third-order valence-electron chi connectivity index (χ3n) is 12.1. The molecule has 0 saturated carbocycles. The molecule has 3 heterocycles. The molecule has 0 aliphatic carbocycles. The second-order valence-electron chi connectivity index (χ2n) is 15.3. The SMILES string of the molecule is c1ccc(N(c2ccccc2)c2ccc3c(c2)N2B4c5c-3cccc5N(c3ccccc3)c3cccc(c34)-c3ccc(N(c4ccccc4)c4ccccc4)cc32)cc1. The smallest absolute Gasteiger partial charge is 0.333 e. The van der Waals surface area contributed by atoms with E-state index in [0.717, 1.165) is 39.8 Å². The van der Waals surface area contributed by atoms with E-state index >= 15 is 0 Å². The number of para-hydroxylation sites is 5. The fourth-order valence-electron chi connectivity index (χ4n) is 9.71. The Morgan fingerprint density at radius 1 is 0.288 bits per heavy atom. The van der Waals surface area contributed by atoms with Crippen LogP contribution in [-0.4, -0.2) is 6.85 Å². The van der Waals surface area contributed by atoms with Crippen molar-refractivity contribution < 1.29 is 0 Å². The number of hydrogen-bond donors (Lipinski definition) is 0. The molecule has 59 heavy (non-hydrogen) atoms. The van der Waals surface area contributed by atoms with E-state index in [0.29, 0.717) is 0 Å². The second-order valence-corrected chi connectivity index (χ2v) is 15.3. The minimum atomic E-state index is -0.0540. The van der Waals surface area contributed by atoms with E-state index < -0.39 is 0 Å². The predicted molar refractivity (Wildman–Crippen MR) is 249 cm³/mol. The van der Waals surface area contributed by atoms with Crippen molar-refractivity contribution in [2.75, 3.05) is 19.5 Å². The summed E-state index contributed by atoms with van der Waals surface area (Å²) in [6.07, 6.45) is 0. The summed E-state index contributed by atoms with van der Waals surface area (Å²) < 4.78 is 0. The average molecular weight is 753 g/mol. The van der Waals surface area contributed by atoms with E-state index in [2.05, 4.69) is 244 Å². The molecule has 9 aromatic carbocycles. The Bertz CT molecular complexity index is 2750. The maximum absolute atomic E-state index is 2.65. The fraction of sp³-hybridized carbons (Fsp3) is 0. The van der Waals surface area contributed by atoms with Crippen LogP contribution in [0.15, 0.2) is 224 Å². The first-order chi connectivity index (χ1) is 29.3. The Hall–Kier alpha value is -7.76. The van der Waals surface area contributed by atoms with E-state index in [1.54, 1.807) is 0 Å². The van der Waals surface area contributed by atoms with Gasteiger partial charge in [0.25, 0.3) is 0 Å². The van der Waals surface area contributed by atoms with E-state index in [1.165, 1.54) is 55.9 Å². The van der Waals surface area contributed by atoms with Crippen LogP contribution in [0.1, 0.15) is 0 Å². The normalized spacial score (nSPS) is 12.6. The van der Waals surface area contributed by atoms with Crippen LogP contribution in [0.3, 0.4) is 0 Å². The van der Waals surface area contributed by atoms with Gasteiger partial charge in [-0.1, -0.05) is 127 Å². The van der Waals surface area contributed by atoms with Crippen molar-refractivity contribution in [3.63, 3.8) is 0 Å². The fourth-order valence-corrected chi connectivity index (χ4v) is 9.71. The topological polar surface area (TPSA) is 13.0 Å². The number of nitrogens with zero attached hydrogens (tertiary/aromatic N) is 4. The molecule has 276 valence electrons. The van der Waals surface area contributed by atoms with Gasteiger partial charge in [0.15, 0.2) is 0 Å². The monoisotopic (exact) mass is 752 g/mol. The third kappa shape index (κ3) is 5.18. The third-order valence-corrected chi connectivity index (χ3v) is 12.1. The number of anilines is 11. The molecular formula is C54H37BN4. The first-order valence-electron chi connectivity index (χ1n) is 20.3. The minimum Gasteiger partial charge on any atom is -0.376 e. The van der Waals surface area contributed by atoms with Crippen LogP contribution in [-0.2, 0) is 0 Å². The molecule has 3 aliphatic heterocycles. The molecular weight excluding hydrogens is 715 g/mol. The van der Waals surface area contributed by atoms with Gasteiger partial charge in [0, 0.05) is 73.7 Å². The predicted octanol–water partition coefficient (Wildman–Crippen LogP) is 13.3. The molecule has 3 aliphatic rings. The molecule has 0 saturated heterocycles. The summed E-state index contributed by atoms with van der Waals surface area (Å²) in [6, 6.07) is 81.6. The van der Waals surface area contributed by atoms with Crippen molar-refractivity contribution in [1.82, 2.24) is 0 Å². The molecule has 4 nitrogen and oxygen atoms in total. The van der Waals surface area contributed by atoms with Crippen LogP contribution in [0.25, 0.3) is 22.3 Å². The number of benzene rings is 9. The summed E-state index contributed by atoms with van der Waals surface area (Å²) in [7, 11) is 0. The maximum Gasteiger partial charge on any atom is 0.333 e. The van der Waals surface area contributed by atoms with E-state index in [9.17, 15) is 0 Å². The zero-order valence-electron chi connectivity index (χ0n) is 32.2. The molecule has 0 fully saturated rings. The first kappa shape index (κ1) is 33.4. The molecule has 0 N–H and O–H groups in total. The van der Waals surface area contributed by atoms with Crippen LogP contribution < -0.4 is 30.4 Å². The van der Waals surface area contributed by atoms with Crippen molar-refractivity contribution in [2.24, 2.45) is 0 Å². The lowest BCUT2D eigenvalue weighted by Gasteiger charge is -2.49. The molecule has 0 bridgehead atoms. The molecule has 5 heteroatoms. The second kappa shape index (κ2) is 13.4. The summed E-state index contributed by atoms with van der Waals surface area (Å²) in [5.74, 6) is 0. The highest BCUT2D eigenvalue weighted by Crippen LogP contribution is 2.54.